The Kier molecular flexibility index (Phi) is 9.24. The normalized spacial score (nSPS) is 14.0. The Morgan fingerprint density at radius 1 is 1.17 bits per heavy atom. The van der Waals surface area contributed by atoms with Crippen LogP contribution in [0.3, 0.4) is 0 Å². The van der Waals surface area contributed by atoms with Crippen LogP contribution in [0.4, 0.5) is 5.00 Å². The maximum Gasteiger partial charge on any atom is 0.334 e. The van der Waals surface area contributed by atoms with E-state index >= 15 is 0 Å². The molecule has 2 aromatic heterocycles. The summed E-state index contributed by atoms with van der Waals surface area (Å²) in [5, 5.41) is 3.77. The number of carbonyl (C=O) groups excluding carboxylic acids is 2. The van der Waals surface area contributed by atoms with E-state index in [1.54, 1.807) is 19.9 Å². The number of furan rings is 1. The van der Waals surface area contributed by atoms with Gasteiger partial charge in [0.2, 0.25) is 5.78 Å². The van der Waals surface area contributed by atoms with Crippen molar-refractivity contribution in [1.82, 2.24) is 5.32 Å². The maximum atomic E-state index is 13.3. The maximum absolute atomic E-state index is 13.3. The van der Waals surface area contributed by atoms with Crippen LogP contribution in [0, 0.1) is 11.8 Å². The van der Waals surface area contributed by atoms with Crippen molar-refractivity contribution in [1.29, 1.82) is 0 Å². The van der Waals surface area contributed by atoms with E-state index in [-0.39, 0.29) is 12.3 Å². The molecule has 1 aromatic carbocycles. The Balaban J connectivity index is 1.87. The number of hydrogen-bond donors (Lipinski definition) is 3. The predicted octanol–water partition coefficient (Wildman–Crippen LogP) is 5.30. The summed E-state index contributed by atoms with van der Waals surface area (Å²) >= 11 is -0.713. The van der Waals surface area contributed by atoms with Crippen LogP contribution in [0.5, 0.6) is 0 Å². The first kappa shape index (κ1) is 27.8. The first-order valence-electron chi connectivity index (χ1n) is 11.6. The monoisotopic (exact) mass is 532 g/mol. The van der Waals surface area contributed by atoms with Crippen molar-refractivity contribution < 1.29 is 27.5 Å². The molecule has 0 bridgehead atoms. The second-order valence-corrected chi connectivity index (χ2v) is 11.1. The molecule has 194 valence electrons. The van der Waals surface area contributed by atoms with Crippen LogP contribution in [0.15, 0.2) is 53.1 Å². The average molecular weight is 533 g/mol. The number of esters is 1. The molecule has 0 radical (unpaired) electrons. The van der Waals surface area contributed by atoms with Crippen molar-refractivity contribution in [2.45, 2.75) is 46.2 Å². The van der Waals surface area contributed by atoms with E-state index in [4.69, 9.17) is 9.15 Å². The number of benzene rings is 1. The fraction of sp³-hybridized carbons (Fsp3) is 0.385. The summed E-state index contributed by atoms with van der Waals surface area (Å²) in [5.74, 6) is -1.06. The molecule has 0 aliphatic rings. The second kappa shape index (κ2) is 12.0. The molecule has 3 rings (SSSR count). The lowest BCUT2D eigenvalue weighted by atomic mass is 9.81. The number of ether oxygens (including phenoxy) is 1. The molecule has 36 heavy (non-hydrogen) atoms. The highest BCUT2D eigenvalue weighted by Gasteiger charge is 2.50. The number of nitrogens with one attached hydrogen (secondary N) is 2. The highest BCUT2D eigenvalue weighted by molar-refractivity contribution is 7.80. The number of ketones is 1. The molecule has 0 amide bonds. The Morgan fingerprint density at radius 2 is 1.86 bits per heavy atom. The molecule has 3 aromatic rings. The van der Waals surface area contributed by atoms with E-state index in [2.05, 4.69) is 23.9 Å². The van der Waals surface area contributed by atoms with Gasteiger partial charge in [-0.15, -0.1) is 11.3 Å². The fourth-order valence-corrected chi connectivity index (χ4v) is 5.86. The molecule has 0 fully saturated rings. The Hall–Kier alpha value is -2.79. The zero-order valence-corrected chi connectivity index (χ0v) is 22.6. The lowest BCUT2D eigenvalue weighted by Gasteiger charge is -2.33. The minimum absolute atomic E-state index is 0.0768. The molecule has 2 atom stereocenters. The molecule has 3 N–H and O–H groups in total. The van der Waals surface area contributed by atoms with Gasteiger partial charge < -0.3 is 9.15 Å². The lowest BCUT2D eigenvalue weighted by molar-refractivity contribution is -0.148. The molecule has 2 heterocycles. The van der Waals surface area contributed by atoms with Crippen molar-refractivity contribution in [2.75, 3.05) is 11.8 Å². The van der Waals surface area contributed by atoms with Gasteiger partial charge in [0.15, 0.2) is 11.3 Å². The van der Waals surface area contributed by atoms with Gasteiger partial charge in [0, 0.05) is 17.0 Å². The molecular weight excluding hydrogens is 500 g/mol. The van der Waals surface area contributed by atoms with Gasteiger partial charge in [-0.05, 0) is 47.6 Å². The highest BCUT2D eigenvalue weighted by atomic mass is 32.2. The van der Waals surface area contributed by atoms with Gasteiger partial charge in [-0.1, -0.05) is 52.0 Å². The summed E-state index contributed by atoms with van der Waals surface area (Å²) in [6.45, 7) is 8.03. The Labute approximate surface area is 217 Å². The Bertz CT molecular complexity index is 1200. The molecule has 8 nitrogen and oxygen atoms in total. The van der Waals surface area contributed by atoms with Gasteiger partial charge in [-0.3, -0.25) is 19.4 Å². The van der Waals surface area contributed by atoms with E-state index in [1.165, 1.54) is 30.8 Å². The van der Waals surface area contributed by atoms with E-state index in [0.717, 1.165) is 28.0 Å². The van der Waals surface area contributed by atoms with Gasteiger partial charge in [-0.25, -0.2) is 9.00 Å². The van der Waals surface area contributed by atoms with E-state index in [9.17, 15) is 18.4 Å². The second-order valence-electron chi connectivity index (χ2n) is 9.22. The van der Waals surface area contributed by atoms with Gasteiger partial charge in [-0.2, -0.15) is 0 Å². The lowest BCUT2D eigenvalue weighted by Crippen LogP contribution is -2.62. The topological polar surface area (TPSA) is 118 Å². The smallest absolute Gasteiger partial charge is 0.334 e. The van der Waals surface area contributed by atoms with Crippen LogP contribution < -0.4 is 10.0 Å². The van der Waals surface area contributed by atoms with Gasteiger partial charge >= 0.3 is 5.97 Å². The van der Waals surface area contributed by atoms with Gasteiger partial charge in [0.05, 0.1) is 13.4 Å². The summed E-state index contributed by atoms with van der Waals surface area (Å²) in [6, 6.07) is 12.8. The SMILES string of the molecule is COC(=O)C(NCc1ccc(-c2cc(CC(C)C)sc2NS(=O)O)cc1)(C(=O)c1ccco1)C(C)C. The highest BCUT2D eigenvalue weighted by Crippen LogP contribution is 2.38. The van der Waals surface area contributed by atoms with Crippen LogP contribution >= 0.6 is 11.3 Å². The van der Waals surface area contributed by atoms with Crippen LogP contribution in [0.2, 0.25) is 0 Å². The summed E-state index contributed by atoms with van der Waals surface area (Å²) in [7, 11) is 1.25. The number of thiophene rings is 1. The molecule has 0 spiro atoms. The molecule has 0 aliphatic carbocycles. The molecule has 10 heteroatoms. The van der Waals surface area contributed by atoms with Gasteiger partial charge in [0.25, 0.3) is 11.3 Å². The first-order chi connectivity index (χ1) is 17.1. The number of rotatable bonds is 12. The number of hydrogen-bond acceptors (Lipinski definition) is 7. The number of methoxy groups -OCH3 is 1. The minimum atomic E-state index is -2.18. The molecule has 0 saturated carbocycles. The number of carbonyl (C=O) groups is 2. The van der Waals surface area contributed by atoms with Crippen molar-refractivity contribution in [3.8, 4) is 11.1 Å². The summed E-state index contributed by atoms with van der Waals surface area (Å²) in [5.41, 5.74) is 0.953. The van der Waals surface area contributed by atoms with E-state index in [0.29, 0.717) is 10.9 Å². The zero-order valence-electron chi connectivity index (χ0n) is 21.0. The van der Waals surface area contributed by atoms with Gasteiger partial charge in [0.1, 0.15) is 5.00 Å². The predicted molar refractivity (Wildman–Crippen MR) is 142 cm³/mol. The Morgan fingerprint density at radius 3 is 2.39 bits per heavy atom. The standard InChI is InChI=1S/C26H32N2O6S2/c1-16(2)13-20-14-21(24(35-20)28-36(31)32)19-10-8-18(9-11-19)15-27-26(17(3)4,25(30)33-5)23(29)22-7-6-12-34-22/h6-12,14,16-17,27-28H,13,15H2,1-5H3,(H,31,32). The van der Waals surface area contributed by atoms with Crippen molar-refractivity contribution in [2.24, 2.45) is 11.8 Å². The molecule has 0 aliphatic heterocycles. The van der Waals surface area contributed by atoms with Crippen LogP contribution in [0.1, 0.15) is 48.7 Å². The minimum Gasteiger partial charge on any atom is -0.467 e. The van der Waals surface area contributed by atoms with Crippen molar-refractivity contribution in [3.63, 3.8) is 0 Å². The third-order valence-electron chi connectivity index (χ3n) is 5.89. The molecular formula is C26H32N2O6S2. The summed E-state index contributed by atoms with van der Waals surface area (Å²) < 4.78 is 33.7. The third-order valence-corrected chi connectivity index (χ3v) is 7.47. The van der Waals surface area contributed by atoms with E-state index < -0.39 is 34.5 Å². The van der Waals surface area contributed by atoms with Crippen molar-refractivity contribution in [3.05, 3.63) is 64.9 Å². The van der Waals surface area contributed by atoms with Crippen LogP contribution in [-0.2, 0) is 33.8 Å². The molecule has 0 saturated heterocycles. The third kappa shape index (κ3) is 6.12. The zero-order chi connectivity index (χ0) is 26.5. The van der Waals surface area contributed by atoms with Crippen molar-refractivity contribution >= 4 is 39.4 Å². The quantitative estimate of drug-likeness (QED) is 0.125. The number of Topliss-reactive ketones (excluding diaryl/α,β-unsaturated/α-hetero) is 1. The average Bonchev–Trinajstić information content (AvgIpc) is 3.49. The summed E-state index contributed by atoms with van der Waals surface area (Å²) in [6.07, 6.45) is 2.26. The molecule has 2 unspecified atom stereocenters. The first-order valence-corrected chi connectivity index (χ1v) is 13.5. The van der Waals surface area contributed by atoms with Crippen LogP contribution in [0.25, 0.3) is 11.1 Å². The summed E-state index contributed by atoms with van der Waals surface area (Å²) in [4.78, 5) is 27.3. The fourth-order valence-electron chi connectivity index (χ4n) is 4.07. The number of anilines is 1. The van der Waals surface area contributed by atoms with Crippen LogP contribution in [-0.4, -0.2) is 33.2 Å². The largest absolute Gasteiger partial charge is 0.467 e. The van der Waals surface area contributed by atoms with E-state index in [1.807, 2.05) is 30.3 Å².